The minimum atomic E-state index is 0.425. The highest BCUT2D eigenvalue weighted by Crippen LogP contribution is 2.22. The lowest BCUT2D eigenvalue weighted by Gasteiger charge is -2.07. The summed E-state index contributed by atoms with van der Waals surface area (Å²) < 4.78 is 11.7. The molecule has 0 radical (unpaired) electrons. The van der Waals surface area contributed by atoms with Gasteiger partial charge in [-0.15, -0.1) is 0 Å². The van der Waals surface area contributed by atoms with Crippen LogP contribution in [-0.2, 0) is 19.5 Å². The van der Waals surface area contributed by atoms with Crippen molar-refractivity contribution in [2.45, 2.75) is 40.3 Å². The fourth-order valence-corrected chi connectivity index (χ4v) is 4.02. The van der Waals surface area contributed by atoms with Crippen molar-refractivity contribution < 1.29 is 8.83 Å². The molecule has 182 valence electrons. The molecule has 0 aliphatic carbocycles. The van der Waals surface area contributed by atoms with E-state index in [2.05, 4.69) is 45.5 Å². The molecule has 6 aromatic rings. The van der Waals surface area contributed by atoms with Crippen LogP contribution in [-0.4, -0.2) is 39.9 Å². The first-order valence-electron chi connectivity index (χ1n) is 11.5. The van der Waals surface area contributed by atoms with Crippen LogP contribution in [0.3, 0.4) is 0 Å². The number of aryl methyl sites for hydroxylation is 3. The first-order chi connectivity index (χ1) is 17.5. The summed E-state index contributed by atoms with van der Waals surface area (Å²) in [5, 5.41) is 6.64. The number of fused-ring (bicyclic) bond motifs is 2. The van der Waals surface area contributed by atoms with Crippen LogP contribution in [0.15, 0.2) is 39.4 Å². The molecular weight excluding hydrogens is 460 g/mol. The lowest BCUT2D eigenvalue weighted by atomic mass is 10.3. The Labute approximate surface area is 205 Å². The van der Waals surface area contributed by atoms with E-state index >= 15 is 0 Å². The van der Waals surface area contributed by atoms with E-state index in [4.69, 9.17) is 13.8 Å². The highest BCUT2D eigenvalue weighted by molar-refractivity contribution is 5.83. The standard InChI is InChI=1S/C24H24N10O2/c1-12-4-5-16(35-12)9-25-21-19-22(28-11-27-19)34-18(33-21)8-15-6-7-17(36-15)10-26-23-20-24(31-13(2)29-20)32-14(3)30-23/h4-7,11H,8-10H2,1-3H3,(H2,25,27,28,33,34)(H2,26,29,30,31,32). The molecule has 0 saturated carbocycles. The second-order valence-electron chi connectivity index (χ2n) is 8.49. The van der Waals surface area contributed by atoms with Crippen LogP contribution in [0.4, 0.5) is 11.6 Å². The molecule has 0 spiro atoms. The van der Waals surface area contributed by atoms with Crippen LogP contribution in [0.2, 0.25) is 0 Å². The van der Waals surface area contributed by atoms with Gasteiger partial charge in [0.25, 0.3) is 0 Å². The Hall–Kier alpha value is -4.74. The molecule has 12 nitrogen and oxygen atoms in total. The van der Waals surface area contributed by atoms with Crippen molar-refractivity contribution in [1.29, 1.82) is 0 Å². The number of nitrogens with one attached hydrogen (secondary N) is 4. The Balaban J connectivity index is 1.17. The minimum Gasteiger partial charge on any atom is -0.465 e. The third-order valence-electron chi connectivity index (χ3n) is 5.62. The Bertz CT molecular complexity index is 1680. The van der Waals surface area contributed by atoms with Gasteiger partial charge < -0.3 is 29.4 Å². The summed E-state index contributed by atoms with van der Waals surface area (Å²) in [4.78, 5) is 33.2. The Kier molecular flexibility index (Phi) is 5.32. The Morgan fingerprint density at radius 3 is 2.31 bits per heavy atom. The number of furan rings is 2. The van der Waals surface area contributed by atoms with E-state index in [0.717, 1.165) is 39.9 Å². The lowest BCUT2D eigenvalue weighted by Crippen LogP contribution is -2.06. The molecule has 36 heavy (non-hydrogen) atoms. The monoisotopic (exact) mass is 484 g/mol. The van der Waals surface area contributed by atoms with Gasteiger partial charge in [-0.2, -0.15) is 0 Å². The first-order valence-corrected chi connectivity index (χ1v) is 11.5. The maximum atomic E-state index is 6.05. The van der Waals surface area contributed by atoms with Crippen molar-refractivity contribution in [2.24, 2.45) is 0 Å². The summed E-state index contributed by atoms with van der Waals surface area (Å²) in [6.45, 7) is 6.61. The van der Waals surface area contributed by atoms with E-state index in [-0.39, 0.29) is 0 Å². The normalized spacial score (nSPS) is 11.5. The molecule has 4 N–H and O–H groups in total. The third-order valence-corrected chi connectivity index (χ3v) is 5.62. The molecule has 0 saturated heterocycles. The fraction of sp³-hybridized carbons (Fsp3) is 0.250. The lowest BCUT2D eigenvalue weighted by molar-refractivity contribution is 0.477. The van der Waals surface area contributed by atoms with Gasteiger partial charge in [-0.25, -0.2) is 29.9 Å². The van der Waals surface area contributed by atoms with E-state index in [9.17, 15) is 0 Å². The molecule has 0 unspecified atom stereocenters. The van der Waals surface area contributed by atoms with Crippen LogP contribution in [0, 0.1) is 20.8 Å². The number of anilines is 2. The smallest absolute Gasteiger partial charge is 0.183 e. The van der Waals surface area contributed by atoms with Gasteiger partial charge in [0, 0.05) is 0 Å². The van der Waals surface area contributed by atoms with Crippen LogP contribution in [0.5, 0.6) is 0 Å². The van der Waals surface area contributed by atoms with Gasteiger partial charge in [0.2, 0.25) is 0 Å². The largest absolute Gasteiger partial charge is 0.465 e. The van der Waals surface area contributed by atoms with Gasteiger partial charge in [-0.05, 0) is 45.0 Å². The molecule has 0 amide bonds. The van der Waals surface area contributed by atoms with Gasteiger partial charge >= 0.3 is 0 Å². The molecule has 0 aromatic carbocycles. The second kappa shape index (κ2) is 8.80. The van der Waals surface area contributed by atoms with Gasteiger partial charge in [-0.1, -0.05) is 0 Å². The minimum absolute atomic E-state index is 0.425. The van der Waals surface area contributed by atoms with Crippen LogP contribution in [0.1, 0.15) is 40.5 Å². The molecule has 6 rings (SSSR count). The molecule has 12 heteroatoms. The van der Waals surface area contributed by atoms with E-state index in [1.54, 1.807) is 6.33 Å². The zero-order valence-corrected chi connectivity index (χ0v) is 20.0. The third kappa shape index (κ3) is 4.35. The summed E-state index contributed by atoms with van der Waals surface area (Å²) in [6.07, 6.45) is 2.03. The van der Waals surface area contributed by atoms with Crippen molar-refractivity contribution in [1.82, 2.24) is 39.9 Å². The second-order valence-corrected chi connectivity index (χ2v) is 8.49. The maximum Gasteiger partial charge on any atom is 0.183 e. The summed E-state index contributed by atoms with van der Waals surface area (Å²) in [5.74, 6) is 6.58. The summed E-state index contributed by atoms with van der Waals surface area (Å²) in [6, 6.07) is 7.72. The van der Waals surface area contributed by atoms with Crippen molar-refractivity contribution in [2.75, 3.05) is 10.6 Å². The SMILES string of the molecule is Cc1nc(NCc2ccc(Cc3nc(NCc4ccc(C)o4)c4[nH]cnc4n3)o2)c2[nH]c(C)nc2n1. The average Bonchev–Trinajstić information content (AvgIpc) is 3.63. The predicted octanol–water partition coefficient (Wildman–Crippen LogP) is 3.95. The molecule has 6 heterocycles. The number of aromatic amines is 2. The number of hydrogen-bond acceptors (Lipinski definition) is 10. The molecule has 0 aliphatic rings. The van der Waals surface area contributed by atoms with E-state index in [1.165, 1.54) is 0 Å². The number of H-pyrrole nitrogens is 2. The van der Waals surface area contributed by atoms with Crippen LogP contribution < -0.4 is 10.6 Å². The van der Waals surface area contributed by atoms with Crippen LogP contribution in [0.25, 0.3) is 22.3 Å². The van der Waals surface area contributed by atoms with Crippen LogP contribution >= 0.6 is 0 Å². The highest BCUT2D eigenvalue weighted by Gasteiger charge is 2.14. The number of rotatable bonds is 8. The molecular formula is C24H24N10O2. The van der Waals surface area contributed by atoms with E-state index < -0.39 is 0 Å². The molecule has 0 fully saturated rings. The Morgan fingerprint density at radius 1 is 0.750 bits per heavy atom. The summed E-state index contributed by atoms with van der Waals surface area (Å²) in [7, 11) is 0. The number of hydrogen-bond donors (Lipinski definition) is 4. The van der Waals surface area contributed by atoms with Crippen molar-refractivity contribution in [3.8, 4) is 0 Å². The Morgan fingerprint density at radius 2 is 1.50 bits per heavy atom. The zero-order chi connectivity index (χ0) is 24.6. The topological polar surface area (TPSA) is 159 Å². The van der Waals surface area contributed by atoms with Gasteiger partial charge in [0.15, 0.2) is 22.9 Å². The van der Waals surface area contributed by atoms with E-state index in [0.29, 0.717) is 54.1 Å². The highest BCUT2D eigenvalue weighted by atomic mass is 16.3. The van der Waals surface area contributed by atoms with Gasteiger partial charge in [0.1, 0.15) is 51.5 Å². The summed E-state index contributed by atoms with van der Waals surface area (Å²) >= 11 is 0. The quantitative estimate of drug-likeness (QED) is 0.249. The van der Waals surface area contributed by atoms with Gasteiger partial charge in [0.05, 0.1) is 25.8 Å². The number of nitrogens with zero attached hydrogens (tertiary/aromatic N) is 6. The number of aromatic nitrogens is 8. The zero-order valence-electron chi connectivity index (χ0n) is 20.0. The summed E-state index contributed by atoms with van der Waals surface area (Å²) in [5.41, 5.74) is 2.74. The van der Waals surface area contributed by atoms with Crippen molar-refractivity contribution in [3.63, 3.8) is 0 Å². The van der Waals surface area contributed by atoms with Crippen molar-refractivity contribution >= 4 is 34.0 Å². The molecule has 0 aliphatic heterocycles. The number of imidazole rings is 2. The van der Waals surface area contributed by atoms with Gasteiger partial charge in [-0.3, -0.25) is 0 Å². The predicted molar refractivity (Wildman–Crippen MR) is 132 cm³/mol. The molecule has 0 atom stereocenters. The average molecular weight is 485 g/mol. The molecule has 6 aromatic heterocycles. The maximum absolute atomic E-state index is 6.05. The van der Waals surface area contributed by atoms with Crippen molar-refractivity contribution in [3.05, 3.63) is 71.1 Å². The fourth-order valence-electron chi connectivity index (χ4n) is 4.02. The molecule has 0 bridgehead atoms. The van der Waals surface area contributed by atoms with E-state index in [1.807, 2.05) is 45.0 Å². The first kappa shape index (κ1) is 21.8.